The Bertz CT molecular complexity index is 552. The van der Waals surface area contributed by atoms with Crippen molar-refractivity contribution in [1.29, 1.82) is 0 Å². The molecule has 1 heterocycles. The molecule has 0 saturated heterocycles. The Morgan fingerprint density at radius 1 is 1.00 bits per heavy atom. The zero-order chi connectivity index (χ0) is 14.4. The lowest BCUT2D eigenvalue weighted by Gasteiger charge is -2.12. The number of nitrogens with one attached hydrogen (secondary N) is 1. The summed E-state index contributed by atoms with van der Waals surface area (Å²) in [5.41, 5.74) is 0.975. The molecule has 110 valence electrons. The van der Waals surface area contributed by atoms with Gasteiger partial charge in [0.2, 0.25) is 0 Å². The maximum atomic E-state index is 11.2. The number of aromatic nitrogens is 1. The highest BCUT2D eigenvalue weighted by Gasteiger charge is 2.11. The van der Waals surface area contributed by atoms with E-state index >= 15 is 0 Å². The normalized spacial score (nSPS) is 10.9. The number of aromatic amines is 1. The second kappa shape index (κ2) is 6.97. The lowest BCUT2D eigenvalue weighted by Crippen LogP contribution is -2.08. The Labute approximate surface area is 115 Å². The molecule has 0 aliphatic carbocycles. The van der Waals surface area contributed by atoms with Gasteiger partial charge < -0.3 is 23.4 Å². The largest absolute Gasteiger partial charge is 0.487 e. The van der Waals surface area contributed by atoms with Crippen LogP contribution in [-0.4, -0.2) is 45.6 Å². The second-order valence-electron chi connectivity index (χ2n) is 3.99. The molecule has 0 spiro atoms. The molecule has 0 unspecified atom stereocenters. The molecular weight excluding hydrogens is 266 g/mol. The Kier molecular flexibility index (Phi) is 5.03. The molecule has 20 heavy (non-hydrogen) atoms. The molecule has 0 saturated carbocycles. The van der Waals surface area contributed by atoms with E-state index in [1.807, 2.05) is 0 Å². The van der Waals surface area contributed by atoms with Gasteiger partial charge in [-0.3, -0.25) is 4.98 Å². The van der Waals surface area contributed by atoms with E-state index in [0.717, 1.165) is 0 Å². The minimum Gasteiger partial charge on any atom is -0.487 e. The number of rotatable bonds is 8. The van der Waals surface area contributed by atoms with Crippen molar-refractivity contribution in [3.8, 4) is 11.5 Å². The van der Waals surface area contributed by atoms with Gasteiger partial charge in [0.1, 0.15) is 13.2 Å². The topological polar surface area (TPSA) is 82.9 Å². The quantitative estimate of drug-likeness (QED) is 0.732. The summed E-state index contributed by atoms with van der Waals surface area (Å²) >= 11 is 0. The zero-order valence-corrected chi connectivity index (χ0v) is 11.4. The summed E-state index contributed by atoms with van der Waals surface area (Å²) in [4.78, 5) is 13.8. The molecule has 0 atom stereocenters. The predicted octanol–water partition coefficient (Wildman–Crippen LogP) is 1.17. The standard InChI is InChI=1S/C13H17NO6/c1-16-3-5-18-11-7-9-10(20-13(15)14-9)8-12(11)19-6-4-17-2/h7-8H,3-6H2,1-2H3,(H,14,15). The smallest absolute Gasteiger partial charge is 0.417 e. The fraction of sp³-hybridized carbons (Fsp3) is 0.462. The molecule has 0 amide bonds. The van der Waals surface area contributed by atoms with Gasteiger partial charge in [-0.15, -0.1) is 0 Å². The van der Waals surface area contributed by atoms with E-state index in [0.29, 0.717) is 49.0 Å². The van der Waals surface area contributed by atoms with Crippen molar-refractivity contribution in [3.63, 3.8) is 0 Å². The Balaban J connectivity index is 2.23. The van der Waals surface area contributed by atoms with Gasteiger partial charge in [-0.1, -0.05) is 0 Å². The number of oxazole rings is 1. The summed E-state index contributed by atoms with van der Waals surface area (Å²) in [6, 6.07) is 3.28. The first-order chi connectivity index (χ1) is 9.74. The fourth-order valence-electron chi connectivity index (χ4n) is 1.65. The number of hydrogen-bond donors (Lipinski definition) is 1. The fourth-order valence-corrected chi connectivity index (χ4v) is 1.65. The lowest BCUT2D eigenvalue weighted by atomic mass is 10.3. The van der Waals surface area contributed by atoms with Crippen LogP contribution in [0.2, 0.25) is 0 Å². The first-order valence-electron chi connectivity index (χ1n) is 6.15. The van der Waals surface area contributed by atoms with Crippen molar-refractivity contribution in [2.75, 3.05) is 40.6 Å². The summed E-state index contributed by atoms with van der Waals surface area (Å²) in [7, 11) is 3.18. The van der Waals surface area contributed by atoms with Crippen molar-refractivity contribution >= 4 is 11.1 Å². The number of methoxy groups -OCH3 is 2. The minimum absolute atomic E-state index is 0.372. The minimum atomic E-state index is -0.517. The van der Waals surface area contributed by atoms with Crippen LogP contribution in [-0.2, 0) is 9.47 Å². The molecule has 7 heteroatoms. The van der Waals surface area contributed by atoms with Crippen LogP contribution in [0.1, 0.15) is 0 Å². The molecule has 7 nitrogen and oxygen atoms in total. The summed E-state index contributed by atoms with van der Waals surface area (Å²) < 4.78 is 26.0. The molecule has 2 aromatic rings. The molecule has 0 aliphatic heterocycles. The summed E-state index contributed by atoms with van der Waals surface area (Å²) in [6.07, 6.45) is 0. The van der Waals surface area contributed by atoms with Gasteiger partial charge in [0.15, 0.2) is 17.1 Å². The Hall–Kier alpha value is -1.99. The molecule has 2 rings (SSSR count). The van der Waals surface area contributed by atoms with Gasteiger partial charge in [0.25, 0.3) is 0 Å². The maximum Gasteiger partial charge on any atom is 0.417 e. The van der Waals surface area contributed by atoms with Gasteiger partial charge >= 0.3 is 5.76 Å². The third-order valence-electron chi connectivity index (χ3n) is 2.58. The Morgan fingerprint density at radius 3 is 2.20 bits per heavy atom. The molecule has 0 fully saturated rings. The average Bonchev–Trinajstić information content (AvgIpc) is 2.78. The maximum absolute atomic E-state index is 11.2. The van der Waals surface area contributed by atoms with E-state index in [1.165, 1.54) is 0 Å². The zero-order valence-electron chi connectivity index (χ0n) is 11.4. The average molecular weight is 283 g/mol. The monoisotopic (exact) mass is 283 g/mol. The highest BCUT2D eigenvalue weighted by atomic mass is 16.5. The molecule has 1 N–H and O–H groups in total. The van der Waals surface area contributed by atoms with E-state index in [9.17, 15) is 4.79 Å². The van der Waals surface area contributed by atoms with E-state index in [2.05, 4.69) is 4.98 Å². The van der Waals surface area contributed by atoms with Crippen LogP contribution in [0, 0.1) is 0 Å². The van der Waals surface area contributed by atoms with Crippen LogP contribution in [0.25, 0.3) is 11.1 Å². The van der Waals surface area contributed by atoms with Crippen molar-refractivity contribution in [2.45, 2.75) is 0 Å². The third-order valence-corrected chi connectivity index (χ3v) is 2.58. The number of fused-ring (bicyclic) bond motifs is 1. The van der Waals surface area contributed by atoms with Crippen LogP contribution >= 0.6 is 0 Å². The lowest BCUT2D eigenvalue weighted by molar-refractivity contribution is 0.132. The first-order valence-corrected chi connectivity index (χ1v) is 6.15. The molecule has 1 aromatic heterocycles. The number of ether oxygens (including phenoxy) is 4. The summed E-state index contributed by atoms with van der Waals surface area (Å²) in [5, 5.41) is 0. The predicted molar refractivity (Wildman–Crippen MR) is 71.6 cm³/mol. The van der Waals surface area contributed by atoms with E-state index in [-0.39, 0.29) is 0 Å². The number of hydrogen-bond acceptors (Lipinski definition) is 6. The van der Waals surface area contributed by atoms with Crippen molar-refractivity contribution in [2.24, 2.45) is 0 Å². The van der Waals surface area contributed by atoms with Crippen LogP contribution in [0.15, 0.2) is 21.3 Å². The van der Waals surface area contributed by atoms with Gasteiger partial charge in [0, 0.05) is 26.4 Å². The molecular formula is C13H17NO6. The SMILES string of the molecule is COCCOc1cc2[nH]c(=O)oc2cc1OCCOC. The van der Waals surface area contributed by atoms with E-state index in [4.69, 9.17) is 23.4 Å². The van der Waals surface area contributed by atoms with Gasteiger partial charge in [0.05, 0.1) is 18.7 Å². The Morgan fingerprint density at radius 2 is 1.60 bits per heavy atom. The van der Waals surface area contributed by atoms with Crippen LogP contribution in [0.5, 0.6) is 11.5 Å². The van der Waals surface area contributed by atoms with E-state index in [1.54, 1.807) is 26.4 Å². The summed E-state index contributed by atoms with van der Waals surface area (Å²) in [5.74, 6) is 0.494. The van der Waals surface area contributed by atoms with Gasteiger partial charge in [-0.2, -0.15) is 0 Å². The molecule has 0 radical (unpaired) electrons. The van der Waals surface area contributed by atoms with Crippen LogP contribution in [0.3, 0.4) is 0 Å². The van der Waals surface area contributed by atoms with Crippen LogP contribution in [0.4, 0.5) is 0 Å². The number of H-pyrrole nitrogens is 1. The van der Waals surface area contributed by atoms with Crippen molar-refractivity contribution in [1.82, 2.24) is 4.98 Å². The highest BCUT2D eigenvalue weighted by molar-refractivity contribution is 5.77. The first kappa shape index (κ1) is 14.4. The van der Waals surface area contributed by atoms with E-state index < -0.39 is 5.76 Å². The molecule has 0 bridgehead atoms. The highest BCUT2D eigenvalue weighted by Crippen LogP contribution is 2.31. The molecule has 0 aliphatic rings. The van der Waals surface area contributed by atoms with Gasteiger partial charge in [-0.05, 0) is 0 Å². The molecule has 1 aromatic carbocycles. The van der Waals surface area contributed by atoms with Crippen molar-refractivity contribution in [3.05, 3.63) is 22.7 Å². The third kappa shape index (κ3) is 3.52. The van der Waals surface area contributed by atoms with Crippen molar-refractivity contribution < 1.29 is 23.4 Å². The summed E-state index contributed by atoms with van der Waals surface area (Å²) in [6.45, 7) is 1.66. The van der Waals surface area contributed by atoms with Gasteiger partial charge in [-0.25, -0.2) is 4.79 Å². The number of benzene rings is 1. The van der Waals surface area contributed by atoms with Crippen LogP contribution < -0.4 is 15.2 Å². The second-order valence-corrected chi connectivity index (χ2v) is 3.99.